The van der Waals surface area contributed by atoms with E-state index in [4.69, 9.17) is 4.74 Å². The Morgan fingerprint density at radius 2 is 1.72 bits per heavy atom. The van der Waals surface area contributed by atoms with Crippen molar-refractivity contribution in [2.24, 2.45) is 0 Å². The summed E-state index contributed by atoms with van der Waals surface area (Å²) in [6.45, 7) is 0.666. The highest BCUT2D eigenvalue weighted by Gasteiger charge is 2.14. The molecule has 25 heavy (non-hydrogen) atoms. The van der Waals surface area contributed by atoms with Crippen molar-refractivity contribution in [3.05, 3.63) is 72.4 Å². The molecule has 3 aromatic heterocycles. The predicted octanol–water partition coefficient (Wildman–Crippen LogP) is 3.89. The second-order valence-corrected chi connectivity index (χ2v) is 6.07. The van der Waals surface area contributed by atoms with Crippen LogP contribution in [0.5, 0.6) is 5.75 Å². The highest BCUT2D eigenvalue weighted by molar-refractivity contribution is 6.08. The average Bonchev–Trinajstić information content (AvgIpc) is 3.30. The van der Waals surface area contributed by atoms with E-state index in [9.17, 15) is 0 Å². The summed E-state index contributed by atoms with van der Waals surface area (Å²) in [6.07, 6.45) is 2.09. The lowest BCUT2D eigenvalue weighted by molar-refractivity contribution is 0.414. The minimum absolute atomic E-state index is 0.666. The molecule has 0 aliphatic heterocycles. The molecule has 0 unspecified atom stereocenters. The molecule has 5 nitrogen and oxygen atoms in total. The van der Waals surface area contributed by atoms with Gasteiger partial charge < -0.3 is 9.14 Å². The van der Waals surface area contributed by atoms with Crippen LogP contribution in [0.1, 0.15) is 5.56 Å². The van der Waals surface area contributed by atoms with Gasteiger partial charge in [-0.25, -0.2) is 4.68 Å². The molecule has 0 fully saturated rings. The van der Waals surface area contributed by atoms with Crippen molar-refractivity contribution < 1.29 is 4.74 Å². The molecule has 0 N–H and O–H groups in total. The third-order valence-electron chi connectivity index (χ3n) is 4.64. The number of hydrogen-bond acceptors (Lipinski definition) is 3. The summed E-state index contributed by atoms with van der Waals surface area (Å²) in [7, 11) is 1.68. The first-order valence-corrected chi connectivity index (χ1v) is 8.19. The van der Waals surface area contributed by atoms with E-state index in [2.05, 4.69) is 63.4 Å². The molecule has 5 rings (SSSR count). The van der Waals surface area contributed by atoms with Crippen molar-refractivity contribution >= 4 is 27.5 Å². The number of nitrogens with zero attached hydrogens (tertiary/aromatic N) is 4. The van der Waals surface area contributed by atoms with Gasteiger partial charge in [-0.3, -0.25) is 0 Å². The molecule has 5 heteroatoms. The molecular weight excluding hydrogens is 312 g/mol. The molecule has 0 aliphatic carbocycles. The molecule has 3 heterocycles. The Bertz CT molecular complexity index is 1200. The number of benzene rings is 2. The summed E-state index contributed by atoms with van der Waals surface area (Å²) in [5.41, 5.74) is 5.42. The van der Waals surface area contributed by atoms with Crippen LogP contribution < -0.4 is 4.74 Å². The molecular formula is C20H16N4O. The molecule has 0 radical (unpaired) electrons. The van der Waals surface area contributed by atoms with Gasteiger partial charge in [0.1, 0.15) is 16.8 Å². The van der Waals surface area contributed by atoms with E-state index in [1.807, 2.05) is 22.9 Å². The fraction of sp³-hybridized carbons (Fsp3) is 0.100. The maximum absolute atomic E-state index is 5.23. The van der Waals surface area contributed by atoms with Crippen molar-refractivity contribution in [2.75, 3.05) is 7.11 Å². The Morgan fingerprint density at radius 3 is 2.56 bits per heavy atom. The van der Waals surface area contributed by atoms with Crippen molar-refractivity contribution in [3.8, 4) is 5.75 Å². The lowest BCUT2D eigenvalue weighted by Gasteiger charge is -2.08. The fourth-order valence-corrected chi connectivity index (χ4v) is 3.43. The van der Waals surface area contributed by atoms with Gasteiger partial charge in [-0.2, -0.15) is 0 Å². The Kier molecular flexibility index (Phi) is 3.00. The van der Waals surface area contributed by atoms with Gasteiger partial charge in [-0.15, -0.1) is 5.10 Å². The second kappa shape index (κ2) is 5.34. The molecule has 0 amide bonds. The first-order valence-electron chi connectivity index (χ1n) is 8.19. The molecule has 0 atom stereocenters. The van der Waals surface area contributed by atoms with Crippen LogP contribution in [0, 0.1) is 0 Å². The molecule has 122 valence electrons. The zero-order valence-corrected chi connectivity index (χ0v) is 13.8. The average molecular weight is 328 g/mol. The Morgan fingerprint density at radius 1 is 0.920 bits per heavy atom. The number of methoxy groups -OCH3 is 1. The third-order valence-corrected chi connectivity index (χ3v) is 4.64. The van der Waals surface area contributed by atoms with E-state index < -0.39 is 0 Å². The minimum atomic E-state index is 0.666. The van der Waals surface area contributed by atoms with Crippen molar-refractivity contribution in [2.45, 2.75) is 6.54 Å². The maximum Gasteiger partial charge on any atom is 0.124 e. The van der Waals surface area contributed by atoms with Gasteiger partial charge in [0.15, 0.2) is 0 Å². The van der Waals surface area contributed by atoms with Crippen LogP contribution in [-0.2, 0) is 6.54 Å². The van der Waals surface area contributed by atoms with Gasteiger partial charge >= 0.3 is 0 Å². The van der Waals surface area contributed by atoms with Gasteiger partial charge in [0, 0.05) is 11.6 Å². The quantitative estimate of drug-likeness (QED) is 0.505. The molecule has 0 aliphatic rings. The topological polar surface area (TPSA) is 44.3 Å². The zero-order chi connectivity index (χ0) is 16.8. The second-order valence-electron chi connectivity index (χ2n) is 6.07. The monoisotopic (exact) mass is 328 g/mol. The minimum Gasteiger partial charge on any atom is -0.497 e. The standard InChI is InChI=1S/C20H16N4O/c1-25-15-10-8-14(9-11-15)13-24-20-18-7-4-12-23(18)17-6-3-2-5-16(17)19(20)21-22-24/h2-12H,13H2,1H3. The van der Waals surface area contributed by atoms with Crippen LogP contribution in [0.2, 0.25) is 0 Å². The lowest BCUT2D eigenvalue weighted by Crippen LogP contribution is -2.03. The van der Waals surface area contributed by atoms with Gasteiger partial charge in [-0.05, 0) is 35.9 Å². The van der Waals surface area contributed by atoms with Crippen LogP contribution >= 0.6 is 0 Å². The highest BCUT2D eigenvalue weighted by atomic mass is 16.5. The summed E-state index contributed by atoms with van der Waals surface area (Å²) in [4.78, 5) is 0. The Labute approximate surface area is 144 Å². The van der Waals surface area contributed by atoms with Crippen LogP contribution in [0.3, 0.4) is 0 Å². The fourth-order valence-electron chi connectivity index (χ4n) is 3.43. The number of aromatic nitrogens is 4. The van der Waals surface area contributed by atoms with Gasteiger partial charge in [0.2, 0.25) is 0 Å². The maximum atomic E-state index is 5.23. The van der Waals surface area contributed by atoms with Crippen molar-refractivity contribution in [1.29, 1.82) is 0 Å². The van der Waals surface area contributed by atoms with E-state index in [0.717, 1.165) is 38.8 Å². The van der Waals surface area contributed by atoms with Gasteiger partial charge in [0.05, 0.1) is 24.7 Å². The van der Waals surface area contributed by atoms with Crippen LogP contribution in [0.25, 0.3) is 27.5 Å². The van der Waals surface area contributed by atoms with E-state index >= 15 is 0 Å². The summed E-state index contributed by atoms with van der Waals surface area (Å²) in [6, 6.07) is 20.5. The predicted molar refractivity (Wildman–Crippen MR) is 98.1 cm³/mol. The number of para-hydroxylation sites is 1. The Balaban J connectivity index is 1.74. The first kappa shape index (κ1) is 14.0. The molecule has 0 spiro atoms. The molecule has 2 aromatic carbocycles. The van der Waals surface area contributed by atoms with Gasteiger partial charge in [-0.1, -0.05) is 35.5 Å². The lowest BCUT2D eigenvalue weighted by atomic mass is 10.1. The summed E-state index contributed by atoms with van der Waals surface area (Å²) < 4.78 is 9.40. The molecule has 0 saturated carbocycles. The van der Waals surface area contributed by atoms with Crippen LogP contribution in [-0.4, -0.2) is 26.5 Å². The number of hydrogen-bond donors (Lipinski definition) is 0. The van der Waals surface area contributed by atoms with E-state index in [1.54, 1.807) is 7.11 Å². The SMILES string of the molecule is COc1ccc(Cn2nnc3c4ccccc4n4cccc4c32)cc1. The van der Waals surface area contributed by atoms with E-state index in [0.29, 0.717) is 6.54 Å². The summed E-state index contributed by atoms with van der Waals surface area (Å²) in [5.74, 6) is 0.854. The van der Waals surface area contributed by atoms with Crippen molar-refractivity contribution in [3.63, 3.8) is 0 Å². The number of ether oxygens (including phenoxy) is 1. The van der Waals surface area contributed by atoms with Crippen LogP contribution in [0.15, 0.2) is 66.9 Å². The largest absolute Gasteiger partial charge is 0.497 e. The zero-order valence-electron chi connectivity index (χ0n) is 13.8. The molecule has 0 bridgehead atoms. The molecule has 0 saturated heterocycles. The smallest absolute Gasteiger partial charge is 0.124 e. The Hall–Kier alpha value is -3.34. The first-order chi connectivity index (χ1) is 12.3. The normalized spacial score (nSPS) is 11.6. The number of fused-ring (bicyclic) bond motifs is 6. The number of rotatable bonds is 3. The van der Waals surface area contributed by atoms with E-state index in [-0.39, 0.29) is 0 Å². The third kappa shape index (κ3) is 2.09. The highest BCUT2D eigenvalue weighted by Crippen LogP contribution is 2.28. The van der Waals surface area contributed by atoms with Crippen molar-refractivity contribution in [1.82, 2.24) is 19.4 Å². The summed E-state index contributed by atoms with van der Waals surface area (Å²) >= 11 is 0. The molecule has 5 aromatic rings. The van der Waals surface area contributed by atoms with Gasteiger partial charge in [0.25, 0.3) is 0 Å². The number of pyridine rings is 1. The van der Waals surface area contributed by atoms with E-state index in [1.165, 1.54) is 0 Å². The van der Waals surface area contributed by atoms with Crippen LogP contribution in [0.4, 0.5) is 0 Å². The summed E-state index contributed by atoms with van der Waals surface area (Å²) in [5, 5.41) is 10.0.